The van der Waals surface area contributed by atoms with Gasteiger partial charge in [-0.15, -0.1) is 0 Å². The van der Waals surface area contributed by atoms with E-state index in [1.54, 1.807) is 48.5 Å². The highest BCUT2D eigenvalue weighted by atomic mass is 127. The fraction of sp³-hybridized carbons (Fsp3) is 0. The van der Waals surface area contributed by atoms with Gasteiger partial charge in [-0.25, -0.2) is 9.36 Å². The summed E-state index contributed by atoms with van der Waals surface area (Å²) in [6.45, 7) is 0. The van der Waals surface area contributed by atoms with E-state index >= 15 is 0 Å². The topological polar surface area (TPSA) is 76.4 Å². The van der Waals surface area contributed by atoms with Crippen LogP contribution in [0.3, 0.4) is 0 Å². The summed E-state index contributed by atoms with van der Waals surface area (Å²) >= 11 is 2.11. The molecule has 1 aromatic heterocycles. The van der Waals surface area contributed by atoms with Gasteiger partial charge in [0, 0.05) is 9.13 Å². The highest BCUT2D eigenvalue weighted by Crippen LogP contribution is 2.16. The van der Waals surface area contributed by atoms with Crippen LogP contribution in [0.25, 0.3) is 10.9 Å². The van der Waals surface area contributed by atoms with E-state index < -0.39 is 23.0 Å². The van der Waals surface area contributed by atoms with Crippen LogP contribution < -0.4 is 5.56 Å². The van der Waals surface area contributed by atoms with Crippen LogP contribution in [0.5, 0.6) is 0 Å². The van der Waals surface area contributed by atoms with Crippen LogP contribution in [0.2, 0.25) is 0 Å². The largest absolute Gasteiger partial charge is 0.477 e. The first-order valence-corrected chi connectivity index (χ1v) is 7.75. The van der Waals surface area contributed by atoms with Gasteiger partial charge in [-0.05, 0) is 64.4 Å². The number of halogens is 1. The number of benzene rings is 2. The Morgan fingerprint density at radius 3 is 2.30 bits per heavy atom. The first-order valence-electron chi connectivity index (χ1n) is 6.67. The number of hydrogen-bond donors (Lipinski definition) is 1. The van der Waals surface area contributed by atoms with E-state index in [1.165, 1.54) is 6.07 Å². The Morgan fingerprint density at radius 2 is 1.65 bits per heavy atom. The lowest BCUT2D eigenvalue weighted by molar-refractivity contribution is 0.0695. The average molecular weight is 419 g/mol. The fourth-order valence-corrected chi connectivity index (χ4v) is 2.70. The Labute approximate surface area is 144 Å². The molecule has 0 radical (unpaired) electrons. The van der Waals surface area contributed by atoms with Crippen molar-refractivity contribution in [2.75, 3.05) is 0 Å². The van der Waals surface area contributed by atoms with E-state index in [1.807, 2.05) is 0 Å². The Kier molecular flexibility index (Phi) is 3.99. The van der Waals surface area contributed by atoms with Crippen molar-refractivity contribution in [3.8, 4) is 0 Å². The Balaban J connectivity index is 2.33. The number of carbonyl (C=O) groups excluding carboxylic acids is 1. The number of carboxylic acids is 1. The average Bonchev–Trinajstić information content (AvgIpc) is 2.54. The van der Waals surface area contributed by atoms with Crippen LogP contribution in [0.1, 0.15) is 20.7 Å². The second kappa shape index (κ2) is 5.96. The van der Waals surface area contributed by atoms with Gasteiger partial charge < -0.3 is 5.11 Å². The molecule has 1 N–H and O–H groups in total. The number of para-hydroxylation sites is 1. The summed E-state index contributed by atoms with van der Waals surface area (Å²) in [4.78, 5) is 36.5. The Hall–Kier alpha value is -2.48. The Bertz CT molecular complexity index is 990. The number of carbonyl (C=O) groups is 2. The van der Waals surface area contributed by atoms with E-state index in [4.69, 9.17) is 0 Å². The maximum absolute atomic E-state index is 12.7. The molecule has 0 amide bonds. The lowest BCUT2D eigenvalue weighted by atomic mass is 10.1. The minimum absolute atomic E-state index is 0.320. The molecule has 114 valence electrons. The summed E-state index contributed by atoms with van der Waals surface area (Å²) in [5.74, 6) is -1.91. The number of fused-ring (bicyclic) bond motifs is 1. The molecule has 23 heavy (non-hydrogen) atoms. The van der Waals surface area contributed by atoms with Gasteiger partial charge in [0.05, 0.1) is 5.52 Å². The van der Waals surface area contributed by atoms with Crippen molar-refractivity contribution >= 4 is 45.4 Å². The summed E-state index contributed by atoms with van der Waals surface area (Å²) in [7, 11) is 0. The van der Waals surface area contributed by atoms with Crippen LogP contribution in [0.4, 0.5) is 0 Å². The van der Waals surface area contributed by atoms with E-state index in [9.17, 15) is 19.5 Å². The zero-order valence-electron chi connectivity index (χ0n) is 11.7. The van der Waals surface area contributed by atoms with Crippen molar-refractivity contribution in [3.63, 3.8) is 0 Å². The predicted octanol–water partition coefficient (Wildman–Crippen LogP) is 2.99. The zero-order valence-corrected chi connectivity index (χ0v) is 13.9. The minimum Gasteiger partial charge on any atom is -0.477 e. The van der Waals surface area contributed by atoms with Gasteiger partial charge in [-0.2, -0.15) is 0 Å². The highest BCUT2D eigenvalue weighted by Gasteiger charge is 2.19. The van der Waals surface area contributed by atoms with Gasteiger partial charge in [0.25, 0.3) is 11.5 Å². The summed E-state index contributed by atoms with van der Waals surface area (Å²) in [5.41, 5.74) is -0.562. The van der Waals surface area contributed by atoms with Gasteiger partial charge >= 0.3 is 5.97 Å². The molecule has 0 aliphatic heterocycles. The maximum Gasteiger partial charge on any atom is 0.341 e. The fourth-order valence-electron chi connectivity index (χ4n) is 2.34. The van der Waals surface area contributed by atoms with E-state index in [0.717, 1.165) is 8.14 Å². The molecule has 1 heterocycles. The number of pyridine rings is 1. The molecule has 0 spiro atoms. The molecule has 6 heteroatoms. The molecular formula is C17H10INO4. The SMILES string of the molecule is O=C(O)c1cc2ccccc2n(C(=O)c2ccc(I)cc2)c1=O. The molecule has 0 aliphatic rings. The predicted molar refractivity (Wildman–Crippen MR) is 94.1 cm³/mol. The molecule has 0 fully saturated rings. The van der Waals surface area contributed by atoms with Crippen LogP contribution in [-0.2, 0) is 0 Å². The van der Waals surface area contributed by atoms with Gasteiger partial charge in [0.1, 0.15) is 5.56 Å². The second-order valence-electron chi connectivity index (χ2n) is 4.87. The Morgan fingerprint density at radius 1 is 1.00 bits per heavy atom. The second-order valence-corrected chi connectivity index (χ2v) is 6.12. The first-order chi connectivity index (χ1) is 11.0. The lowest BCUT2D eigenvalue weighted by Crippen LogP contribution is -2.31. The smallest absolute Gasteiger partial charge is 0.341 e. The molecule has 3 rings (SSSR count). The number of carboxylic acid groups (broad SMARTS) is 1. The van der Waals surface area contributed by atoms with Crippen LogP contribution >= 0.6 is 22.6 Å². The van der Waals surface area contributed by atoms with Crippen molar-refractivity contribution < 1.29 is 14.7 Å². The first kappa shape index (κ1) is 15.4. The van der Waals surface area contributed by atoms with Crippen LogP contribution in [-0.4, -0.2) is 21.6 Å². The van der Waals surface area contributed by atoms with Crippen molar-refractivity contribution in [3.05, 3.63) is 79.6 Å². The third-order valence-electron chi connectivity index (χ3n) is 3.44. The quantitative estimate of drug-likeness (QED) is 0.649. The molecule has 0 unspecified atom stereocenters. The molecule has 5 nitrogen and oxygen atoms in total. The standard InChI is InChI=1S/C17H10INO4/c18-12-7-5-10(6-8-12)15(20)19-14-4-2-1-3-11(14)9-13(16(19)21)17(22)23/h1-9H,(H,22,23). The highest BCUT2D eigenvalue weighted by molar-refractivity contribution is 14.1. The number of hydrogen-bond acceptors (Lipinski definition) is 3. The number of aromatic carboxylic acids is 1. The summed E-state index contributed by atoms with van der Waals surface area (Å²) < 4.78 is 1.87. The van der Waals surface area contributed by atoms with Crippen LogP contribution in [0.15, 0.2) is 59.4 Å². The maximum atomic E-state index is 12.7. The third-order valence-corrected chi connectivity index (χ3v) is 4.15. The van der Waals surface area contributed by atoms with Gasteiger partial charge in [-0.3, -0.25) is 9.59 Å². The van der Waals surface area contributed by atoms with Crippen molar-refractivity contribution in [2.24, 2.45) is 0 Å². The third kappa shape index (κ3) is 2.77. The van der Waals surface area contributed by atoms with Gasteiger partial charge in [0.2, 0.25) is 0 Å². The van der Waals surface area contributed by atoms with Crippen molar-refractivity contribution in [2.45, 2.75) is 0 Å². The number of nitrogens with zero attached hydrogens (tertiary/aromatic N) is 1. The number of rotatable bonds is 2. The van der Waals surface area contributed by atoms with Crippen LogP contribution in [0, 0.1) is 3.57 Å². The molecule has 3 aromatic rings. The summed E-state index contributed by atoms with van der Waals surface area (Å²) in [6, 6.07) is 14.7. The van der Waals surface area contributed by atoms with Crippen molar-refractivity contribution in [1.82, 2.24) is 4.57 Å². The molecular weight excluding hydrogens is 409 g/mol. The molecule has 0 bridgehead atoms. The summed E-state index contributed by atoms with van der Waals surface area (Å²) in [5, 5.41) is 9.73. The monoisotopic (exact) mass is 419 g/mol. The van der Waals surface area contributed by atoms with E-state index in [-0.39, 0.29) is 0 Å². The molecule has 0 atom stereocenters. The molecule has 0 saturated carbocycles. The minimum atomic E-state index is -1.36. The molecule has 0 aliphatic carbocycles. The number of aromatic nitrogens is 1. The summed E-state index contributed by atoms with van der Waals surface area (Å²) in [6.07, 6.45) is 0. The zero-order chi connectivity index (χ0) is 16.6. The molecule has 0 saturated heterocycles. The van der Waals surface area contributed by atoms with Gasteiger partial charge in [-0.1, -0.05) is 18.2 Å². The van der Waals surface area contributed by atoms with E-state index in [2.05, 4.69) is 22.6 Å². The van der Waals surface area contributed by atoms with E-state index in [0.29, 0.717) is 16.5 Å². The van der Waals surface area contributed by atoms with Crippen molar-refractivity contribution in [1.29, 1.82) is 0 Å². The van der Waals surface area contributed by atoms with Gasteiger partial charge in [0.15, 0.2) is 0 Å². The lowest BCUT2D eigenvalue weighted by Gasteiger charge is -2.10. The molecule has 2 aromatic carbocycles. The normalized spacial score (nSPS) is 10.7.